The number of hydrogen-bond donors (Lipinski definition) is 0. The number of hydrogen-bond acceptors (Lipinski definition) is 4. The van der Waals surface area contributed by atoms with Crippen LogP contribution in [0.15, 0.2) is 60.1 Å². The molecule has 0 radical (unpaired) electrons. The maximum atomic E-state index is 13.3. The van der Waals surface area contributed by atoms with Gasteiger partial charge in [-0.25, -0.2) is 9.67 Å². The number of rotatable bonds is 4. The van der Waals surface area contributed by atoms with Crippen molar-refractivity contribution in [2.75, 3.05) is 11.9 Å². The molecular formula is C21H20N4OS. The van der Waals surface area contributed by atoms with E-state index in [-0.39, 0.29) is 11.9 Å². The van der Waals surface area contributed by atoms with Crippen LogP contribution in [0.1, 0.15) is 30.2 Å². The minimum absolute atomic E-state index is 0.0743. The molecule has 0 N–H and O–H groups in total. The highest BCUT2D eigenvalue weighted by molar-refractivity contribution is 7.13. The number of anilines is 1. The summed E-state index contributed by atoms with van der Waals surface area (Å²) >= 11 is 1.61. The summed E-state index contributed by atoms with van der Waals surface area (Å²) in [5.41, 5.74) is 2.99. The highest BCUT2D eigenvalue weighted by Crippen LogP contribution is 2.30. The first-order valence-electron chi connectivity index (χ1n) is 8.81. The van der Waals surface area contributed by atoms with Gasteiger partial charge in [0.2, 0.25) is 0 Å². The van der Waals surface area contributed by atoms with E-state index in [0.717, 1.165) is 27.3 Å². The summed E-state index contributed by atoms with van der Waals surface area (Å²) in [6, 6.07) is 15.7. The normalized spacial score (nSPS) is 11.3. The van der Waals surface area contributed by atoms with E-state index in [2.05, 4.69) is 18.9 Å². The van der Waals surface area contributed by atoms with Gasteiger partial charge in [-0.15, -0.1) is 11.3 Å². The summed E-state index contributed by atoms with van der Waals surface area (Å²) in [6.45, 7) is 4.12. The van der Waals surface area contributed by atoms with Crippen molar-refractivity contribution in [1.82, 2.24) is 14.8 Å². The van der Waals surface area contributed by atoms with Gasteiger partial charge in [-0.05, 0) is 43.5 Å². The van der Waals surface area contributed by atoms with Gasteiger partial charge < -0.3 is 4.90 Å². The lowest BCUT2D eigenvalue weighted by Crippen LogP contribution is -2.26. The SMILES string of the molecule is CC(C)n1ncc2c(C(=O)N(C)c3ccccc3)cc(-c3cccs3)nc21. The quantitative estimate of drug-likeness (QED) is 0.503. The molecule has 27 heavy (non-hydrogen) atoms. The second-order valence-electron chi connectivity index (χ2n) is 6.65. The Morgan fingerprint density at radius 2 is 1.93 bits per heavy atom. The molecule has 0 bridgehead atoms. The Labute approximate surface area is 161 Å². The molecule has 0 aliphatic heterocycles. The van der Waals surface area contributed by atoms with E-state index in [4.69, 9.17) is 4.98 Å². The van der Waals surface area contributed by atoms with Crippen LogP contribution in [0, 0.1) is 0 Å². The topological polar surface area (TPSA) is 51.0 Å². The Morgan fingerprint density at radius 1 is 1.15 bits per heavy atom. The molecule has 6 heteroatoms. The maximum absolute atomic E-state index is 13.3. The van der Waals surface area contributed by atoms with Gasteiger partial charge in [0.25, 0.3) is 5.91 Å². The number of nitrogens with zero attached hydrogens (tertiary/aromatic N) is 4. The molecule has 0 aliphatic rings. The van der Waals surface area contributed by atoms with Gasteiger partial charge in [0.15, 0.2) is 5.65 Å². The lowest BCUT2D eigenvalue weighted by Gasteiger charge is -2.18. The predicted molar refractivity (Wildman–Crippen MR) is 110 cm³/mol. The van der Waals surface area contributed by atoms with Crippen molar-refractivity contribution >= 4 is 34.0 Å². The van der Waals surface area contributed by atoms with Gasteiger partial charge in [-0.3, -0.25) is 4.79 Å². The minimum Gasteiger partial charge on any atom is -0.311 e. The number of carbonyl (C=O) groups excluding carboxylic acids is 1. The van der Waals surface area contributed by atoms with Crippen LogP contribution >= 0.6 is 11.3 Å². The fourth-order valence-electron chi connectivity index (χ4n) is 3.07. The summed E-state index contributed by atoms with van der Waals surface area (Å²) in [5.74, 6) is -0.0743. The van der Waals surface area contributed by atoms with E-state index >= 15 is 0 Å². The molecule has 0 saturated carbocycles. The first-order valence-corrected chi connectivity index (χ1v) is 9.69. The molecule has 3 heterocycles. The standard InChI is InChI=1S/C21H20N4OS/c1-14(2)25-20-17(13-22-25)16(12-18(23-20)19-10-7-11-27-19)21(26)24(3)15-8-5-4-6-9-15/h4-14H,1-3H3. The summed E-state index contributed by atoms with van der Waals surface area (Å²) in [5, 5.41) is 7.27. The predicted octanol–water partition coefficient (Wildman–Crippen LogP) is 5.02. The van der Waals surface area contributed by atoms with Crippen LogP contribution < -0.4 is 4.90 Å². The zero-order chi connectivity index (χ0) is 19.0. The maximum Gasteiger partial charge on any atom is 0.258 e. The van der Waals surface area contributed by atoms with Gasteiger partial charge in [0.05, 0.1) is 27.7 Å². The van der Waals surface area contributed by atoms with Crippen molar-refractivity contribution in [1.29, 1.82) is 0 Å². The van der Waals surface area contributed by atoms with Gasteiger partial charge >= 0.3 is 0 Å². The largest absolute Gasteiger partial charge is 0.311 e. The lowest BCUT2D eigenvalue weighted by atomic mass is 10.1. The lowest BCUT2D eigenvalue weighted by molar-refractivity contribution is 0.0994. The Kier molecular flexibility index (Phi) is 4.49. The van der Waals surface area contributed by atoms with E-state index in [1.165, 1.54) is 0 Å². The highest BCUT2D eigenvalue weighted by atomic mass is 32.1. The second-order valence-corrected chi connectivity index (χ2v) is 7.60. The highest BCUT2D eigenvalue weighted by Gasteiger charge is 2.21. The summed E-state index contributed by atoms with van der Waals surface area (Å²) < 4.78 is 1.87. The van der Waals surface area contributed by atoms with Crippen molar-refractivity contribution in [2.24, 2.45) is 0 Å². The number of amides is 1. The van der Waals surface area contributed by atoms with E-state index in [1.807, 2.05) is 58.6 Å². The average Bonchev–Trinajstić information content (AvgIpc) is 3.36. The fourth-order valence-corrected chi connectivity index (χ4v) is 3.76. The molecule has 1 amide bonds. The Bertz CT molecular complexity index is 1080. The summed E-state index contributed by atoms with van der Waals surface area (Å²) in [7, 11) is 1.79. The van der Waals surface area contributed by atoms with Gasteiger partial charge in [0, 0.05) is 18.8 Å². The average molecular weight is 376 g/mol. The molecule has 4 rings (SSSR count). The summed E-state index contributed by atoms with van der Waals surface area (Å²) in [6.07, 6.45) is 1.74. The molecule has 0 unspecified atom stereocenters. The van der Waals surface area contributed by atoms with E-state index in [1.54, 1.807) is 29.5 Å². The Hall–Kier alpha value is -2.99. The molecule has 3 aromatic heterocycles. The third-order valence-corrected chi connectivity index (χ3v) is 5.40. The van der Waals surface area contributed by atoms with Crippen molar-refractivity contribution in [3.05, 3.63) is 65.7 Å². The van der Waals surface area contributed by atoms with Crippen molar-refractivity contribution in [2.45, 2.75) is 19.9 Å². The molecule has 0 atom stereocenters. The molecule has 0 saturated heterocycles. The Balaban J connectivity index is 1.89. The van der Waals surface area contributed by atoms with Crippen LogP contribution in [0.5, 0.6) is 0 Å². The van der Waals surface area contributed by atoms with E-state index in [9.17, 15) is 4.79 Å². The Morgan fingerprint density at radius 3 is 2.59 bits per heavy atom. The molecule has 5 nitrogen and oxygen atoms in total. The molecule has 1 aromatic carbocycles. The van der Waals surface area contributed by atoms with Crippen LogP contribution in [0.4, 0.5) is 5.69 Å². The first kappa shape index (κ1) is 17.4. The number of benzene rings is 1. The number of para-hydroxylation sites is 1. The van der Waals surface area contributed by atoms with E-state index < -0.39 is 0 Å². The number of carbonyl (C=O) groups is 1. The van der Waals surface area contributed by atoms with Crippen molar-refractivity contribution < 1.29 is 4.79 Å². The molecule has 136 valence electrons. The first-order chi connectivity index (χ1) is 13.1. The third-order valence-electron chi connectivity index (χ3n) is 4.51. The molecule has 0 aliphatic carbocycles. The van der Waals surface area contributed by atoms with Crippen LogP contribution in [0.25, 0.3) is 21.6 Å². The monoisotopic (exact) mass is 376 g/mol. The number of thiophene rings is 1. The minimum atomic E-state index is -0.0743. The smallest absolute Gasteiger partial charge is 0.258 e. The van der Waals surface area contributed by atoms with Crippen LogP contribution in [-0.2, 0) is 0 Å². The zero-order valence-electron chi connectivity index (χ0n) is 15.5. The number of fused-ring (bicyclic) bond motifs is 1. The molecule has 0 spiro atoms. The van der Waals surface area contributed by atoms with Crippen molar-refractivity contribution in [3.63, 3.8) is 0 Å². The van der Waals surface area contributed by atoms with Gasteiger partial charge in [-0.1, -0.05) is 24.3 Å². The number of pyridine rings is 1. The summed E-state index contributed by atoms with van der Waals surface area (Å²) in [4.78, 5) is 20.8. The van der Waals surface area contributed by atoms with Crippen LogP contribution in [0.3, 0.4) is 0 Å². The van der Waals surface area contributed by atoms with Crippen LogP contribution in [-0.4, -0.2) is 27.7 Å². The third kappa shape index (κ3) is 3.13. The van der Waals surface area contributed by atoms with Crippen molar-refractivity contribution in [3.8, 4) is 10.6 Å². The zero-order valence-corrected chi connectivity index (χ0v) is 16.3. The van der Waals surface area contributed by atoms with Gasteiger partial charge in [0.1, 0.15) is 0 Å². The van der Waals surface area contributed by atoms with Crippen LogP contribution in [0.2, 0.25) is 0 Å². The molecular weight excluding hydrogens is 356 g/mol. The fraction of sp³-hybridized carbons (Fsp3) is 0.190. The van der Waals surface area contributed by atoms with E-state index in [0.29, 0.717) is 5.56 Å². The second kappa shape index (κ2) is 6.96. The number of aromatic nitrogens is 3. The molecule has 4 aromatic rings. The molecule has 0 fully saturated rings. The van der Waals surface area contributed by atoms with Gasteiger partial charge in [-0.2, -0.15) is 5.10 Å².